The molecule has 0 fully saturated rings. The summed E-state index contributed by atoms with van der Waals surface area (Å²) >= 11 is 1.42. The predicted octanol–water partition coefficient (Wildman–Crippen LogP) is -1.54. The average Bonchev–Trinajstić information content (AvgIpc) is 3.70. The number of amides is 6. The van der Waals surface area contributed by atoms with E-state index < -0.39 is 90.3 Å². The number of nitrogens with zero attached hydrogens (tertiary/aromatic N) is 1. The van der Waals surface area contributed by atoms with Crippen molar-refractivity contribution < 1.29 is 43.8 Å². The van der Waals surface area contributed by atoms with Gasteiger partial charge in [0.2, 0.25) is 35.4 Å². The lowest BCUT2D eigenvalue weighted by atomic mass is 10.0. The van der Waals surface area contributed by atoms with Crippen molar-refractivity contribution in [2.45, 2.75) is 108 Å². The van der Waals surface area contributed by atoms with Crippen LogP contribution in [0.1, 0.15) is 64.1 Å². The van der Waals surface area contributed by atoms with Gasteiger partial charge in [0.1, 0.15) is 36.3 Å². The number of rotatable bonds is 27. The number of carboxylic acids is 1. The molecule has 0 aliphatic heterocycles. The van der Waals surface area contributed by atoms with Gasteiger partial charge in [-0.3, -0.25) is 28.8 Å². The number of carboxylic acid groups (broad SMARTS) is 1. The molecular weight excluding hydrogens is 773 g/mol. The second-order valence-electron chi connectivity index (χ2n) is 14.4. The molecule has 19 nitrogen and oxygen atoms in total. The maximum absolute atomic E-state index is 14.1. The van der Waals surface area contributed by atoms with Crippen molar-refractivity contribution in [2.24, 2.45) is 17.4 Å². The third-order valence-electron chi connectivity index (χ3n) is 8.94. The Labute approximate surface area is 342 Å². The molecule has 0 aliphatic carbocycles. The molecule has 0 aliphatic rings. The van der Waals surface area contributed by atoms with Gasteiger partial charge in [-0.1, -0.05) is 44.2 Å². The molecule has 0 unspecified atom stereocenters. The van der Waals surface area contributed by atoms with E-state index >= 15 is 0 Å². The smallest absolute Gasteiger partial charge is 0.326 e. The van der Waals surface area contributed by atoms with Gasteiger partial charge in [0.25, 0.3) is 0 Å². The summed E-state index contributed by atoms with van der Waals surface area (Å²) in [6, 6.07) is 1.57. The van der Waals surface area contributed by atoms with Gasteiger partial charge in [-0.15, -0.1) is 0 Å². The van der Waals surface area contributed by atoms with Gasteiger partial charge < -0.3 is 58.6 Å². The predicted molar refractivity (Wildman–Crippen MR) is 218 cm³/mol. The molecule has 0 spiro atoms. The van der Waals surface area contributed by atoms with E-state index in [0.717, 1.165) is 0 Å². The molecule has 20 heteroatoms. The fourth-order valence-electron chi connectivity index (χ4n) is 5.68. The van der Waals surface area contributed by atoms with E-state index in [1.165, 1.54) is 31.2 Å². The first kappa shape index (κ1) is 49.1. The second kappa shape index (κ2) is 26.1. The summed E-state index contributed by atoms with van der Waals surface area (Å²) < 4.78 is 0. The number of aliphatic carboxylic acids is 1. The molecule has 58 heavy (non-hydrogen) atoms. The van der Waals surface area contributed by atoms with Gasteiger partial charge in [0.05, 0.1) is 19.0 Å². The van der Waals surface area contributed by atoms with E-state index in [0.29, 0.717) is 36.4 Å². The van der Waals surface area contributed by atoms with Crippen molar-refractivity contribution in [3.63, 3.8) is 0 Å². The monoisotopic (exact) mass is 832 g/mol. The first-order chi connectivity index (χ1) is 27.6. The van der Waals surface area contributed by atoms with Gasteiger partial charge in [0.15, 0.2) is 0 Å². The molecule has 0 saturated carbocycles. The van der Waals surface area contributed by atoms with Crippen molar-refractivity contribution >= 4 is 53.2 Å². The van der Waals surface area contributed by atoms with E-state index in [-0.39, 0.29) is 38.0 Å². The van der Waals surface area contributed by atoms with Gasteiger partial charge in [-0.05, 0) is 69.1 Å². The number of carbonyl (C=O) groups is 7. The summed E-state index contributed by atoms with van der Waals surface area (Å²) in [7, 11) is 0. The van der Waals surface area contributed by atoms with Crippen LogP contribution in [0, 0.1) is 5.92 Å². The summed E-state index contributed by atoms with van der Waals surface area (Å²) in [6.07, 6.45) is 4.85. The van der Waals surface area contributed by atoms with Crippen molar-refractivity contribution in [1.29, 1.82) is 0 Å². The van der Waals surface area contributed by atoms with Crippen LogP contribution in [0.2, 0.25) is 0 Å². The number of unbranched alkanes of at least 4 members (excludes halogenated alkanes) is 1. The Balaban J connectivity index is 2.32. The van der Waals surface area contributed by atoms with Gasteiger partial charge in [0, 0.05) is 24.7 Å². The molecule has 2 rings (SSSR count). The van der Waals surface area contributed by atoms with Crippen molar-refractivity contribution in [1.82, 2.24) is 41.9 Å². The van der Waals surface area contributed by atoms with Crippen molar-refractivity contribution in [3.05, 3.63) is 54.1 Å². The van der Waals surface area contributed by atoms with Crippen LogP contribution in [0.25, 0.3) is 0 Å². The minimum absolute atomic E-state index is 0.00674. The molecule has 1 aromatic carbocycles. The molecule has 1 heterocycles. The molecule has 0 bridgehead atoms. The minimum Gasteiger partial charge on any atom is -0.480 e. The number of aliphatic hydroxyl groups is 1. The molecule has 322 valence electrons. The Morgan fingerprint density at radius 1 is 0.776 bits per heavy atom. The van der Waals surface area contributed by atoms with Crippen molar-refractivity contribution in [2.75, 3.05) is 25.1 Å². The largest absolute Gasteiger partial charge is 0.480 e. The maximum Gasteiger partial charge on any atom is 0.326 e. The number of imidazole rings is 1. The summed E-state index contributed by atoms with van der Waals surface area (Å²) in [5.41, 5.74) is 12.5. The number of thioether (sulfide) groups is 1. The third-order valence-corrected chi connectivity index (χ3v) is 9.58. The van der Waals surface area contributed by atoms with Crippen LogP contribution in [0.5, 0.6) is 0 Å². The molecule has 1 aromatic heterocycles. The zero-order chi connectivity index (χ0) is 43.2. The van der Waals surface area contributed by atoms with Gasteiger partial charge in [-0.25, -0.2) is 9.78 Å². The third kappa shape index (κ3) is 18.0. The summed E-state index contributed by atoms with van der Waals surface area (Å²) in [4.78, 5) is 99.0. The molecule has 7 atom stereocenters. The van der Waals surface area contributed by atoms with Crippen LogP contribution >= 0.6 is 11.8 Å². The molecular formula is C38H60N10O9S. The zero-order valence-corrected chi connectivity index (χ0v) is 34.3. The molecule has 0 radical (unpaired) electrons. The molecule has 0 saturated heterocycles. The van der Waals surface area contributed by atoms with E-state index in [9.17, 15) is 43.8 Å². The Bertz CT molecular complexity index is 1610. The lowest BCUT2D eigenvalue weighted by Gasteiger charge is -2.27. The average molecular weight is 833 g/mol. The lowest BCUT2D eigenvalue weighted by molar-refractivity contribution is -0.142. The highest BCUT2D eigenvalue weighted by atomic mass is 32.2. The highest BCUT2D eigenvalue weighted by Gasteiger charge is 2.33. The number of aromatic nitrogens is 2. The van der Waals surface area contributed by atoms with Crippen LogP contribution < -0.4 is 43.4 Å². The van der Waals surface area contributed by atoms with E-state index in [4.69, 9.17) is 11.5 Å². The zero-order valence-electron chi connectivity index (χ0n) is 33.5. The van der Waals surface area contributed by atoms with Crippen LogP contribution in [0.4, 0.5) is 0 Å². The fraction of sp³-hybridized carbons (Fsp3) is 0.579. The van der Waals surface area contributed by atoms with Crippen LogP contribution in [0.15, 0.2) is 42.9 Å². The summed E-state index contributed by atoms with van der Waals surface area (Å²) in [6.45, 7) is 4.82. The second-order valence-corrected chi connectivity index (χ2v) is 15.3. The Kier molecular flexibility index (Phi) is 22.1. The molecule has 6 amide bonds. The number of aromatic amines is 1. The van der Waals surface area contributed by atoms with Gasteiger partial charge >= 0.3 is 5.97 Å². The lowest BCUT2D eigenvalue weighted by Crippen LogP contribution is -2.59. The minimum atomic E-state index is -1.33. The number of H-pyrrole nitrogens is 1. The number of hydrogen-bond acceptors (Lipinski definition) is 12. The number of nitrogens with two attached hydrogens (primary N) is 2. The number of carbonyl (C=O) groups excluding carboxylic acids is 6. The highest BCUT2D eigenvalue weighted by molar-refractivity contribution is 7.98. The number of hydrogen-bond donors (Lipinski definition) is 11. The SMILES string of the molecule is CSCC[C@H](NC(=O)[C@H](CC(C)C)NC(=O)CNC(=O)[C@@H](N)[C@@H](C)O)C(=O)N[C@@H](Cc1ccccc1)C(=O)N[C@@H](CCCCN)C(=O)N[C@@H](Cc1cnc[nH]1)C(=O)O. The number of benzene rings is 1. The quantitative estimate of drug-likeness (QED) is 0.0456. The standard InChI is InChI=1S/C38H60N10O9S/c1-22(2)16-28(44-31(50)20-42-37(55)32(40)23(3)49)35(53)46-27(13-15-58-4)34(52)47-29(17-24-10-6-5-7-11-24)36(54)45-26(12-8-9-14-39)33(51)48-30(38(56)57)18-25-19-41-21-43-25/h5-7,10-11,19,21-23,26-30,32,49H,8-9,12-18,20,39-40H2,1-4H3,(H,41,43)(H,42,55)(H,44,50)(H,45,54)(H,46,53)(H,47,52)(H,48,51)(H,56,57)/t23-,26+,27+,28+,29+,30+,32+/m1/s1. The van der Waals surface area contributed by atoms with Crippen LogP contribution in [0.3, 0.4) is 0 Å². The Hall–Kier alpha value is -5.05. The highest BCUT2D eigenvalue weighted by Crippen LogP contribution is 2.11. The Morgan fingerprint density at radius 3 is 1.91 bits per heavy atom. The topological polar surface area (TPSA) is 313 Å². The summed E-state index contributed by atoms with van der Waals surface area (Å²) in [5, 5.41) is 35.0. The number of aliphatic hydroxyl groups excluding tert-OH is 1. The maximum atomic E-state index is 14.1. The summed E-state index contributed by atoms with van der Waals surface area (Å²) in [5.74, 6) is -5.19. The first-order valence-electron chi connectivity index (χ1n) is 19.2. The van der Waals surface area contributed by atoms with Gasteiger partial charge in [-0.2, -0.15) is 11.8 Å². The first-order valence-corrected chi connectivity index (χ1v) is 20.6. The van der Waals surface area contributed by atoms with Crippen LogP contribution in [-0.4, -0.2) is 129 Å². The van der Waals surface area contributed by atoms with Crippen LogP contribution in [-0.2, 0) is 46.4 Å². The Morgan fingerprint density at radius 2 is 1.36 bits per heavy atom. The fourth-order valence-corrected chi connectivity index (χ4v) is 6.15. The van der Waals surface area contributed by atoms with Crippen molar-refractivity contribution in [3.8, 4) is 0 Å². The normalized spacial score (nSPS) is 14.8. The number of nitrogens with one attached hydrogen (secondary N) is 7. The van der Waals surface area contributed by atoms with E-state index in [2.05, 4.69) is 41.9 Å². The van der Waals surface area contributed by atoms with E-state index in [1.807, 2.05) is 20.1 Å². The van der Waals surface area contributed by atoms with E-state index in [1.54, 1.807) is 30.3 Å². The molecule has 2 aromatic rings. The molecule has 13 N–H and O–H groups in total.